The molecule has 3 unspecified atom stereocenters. The number of likely N-dealkylation sites (tertiary alicyclic amines) is 1. The highest BCUT2D eigenvalue weighted by molar-refractivity contribution is 5.98. The lowest BCUT2D eigenvalue weighted by Crippen LogP contribution is -2.34. The van der Waals surface area contributed by atoms with Crippen molar-refractivity contribution < 1.29 is 23.5 Å². The van der Waals surface area contributed by atoms with E-state index in [1.54, 1.807) is 12.1 Å². The van der Waals surface area contributed by atoms with Crippen molar-refractivity contribution in [1.29, 1.82) is 0 Å². The number of aromatic nitrogens is 1. The molecule has 0 bridgehead atoms. The summed E-state index contributed by atoms with van der Waals surface area (Å²) < 4.78 is 20.5. The van der Waals surface area contributed by atoms with Crippen molar-refractivity contribution >= 4 is 40.2 Å². The maximum Gasteiger partial charge on any atom is 0.414 e. The second-order valence-corrected chi connectivity index (χ2v) is 10.1. The Morgan fingerprint density at radius 2 is 1.81 bits per heavy atom. The largest absolute Gasteiger partial charge is 0.442 e. The summed E-state index contributed by atoms with van der Waals surface area (Å²) in [6, 6.07) is 14.5. The van der Waals surface area contributed by atoms with E-state index in [0.717, 1.165) is 10.9 Å². The Morgan fingerprint density at radius 1 is 1.05 bits per heavy atom. The lowest BCUT2D eigenvalue weighted by atomic mass is 10.0. The number of para-hydroxylation sites is 1. The molecule has 3 aliphatic heterocycles. The van der Waals surface area contributed by atoms with E-state index in [-0.39, 0.29) is 36.7 Å². The van der Waals surface area contributed by atoms with Gasteiger partial charge in [-0.3, -0.25) is 14.5 Å². The number of H-pyrrole nitrogens is 1. The van der Waals surface area contributed by atoms with Gasteiger partial charge < -0.3 is 24.8 Å². The number of anilines is 2. The van der Waals surface area contributed by atoms with E-state index in [2.05, 4.69) is 10.3 Å². The van der Waals surface area contributed by atoms with E-state index in [9.17, 15) is 14.4 Å². The number of carbonyl (C=O) groups is 3. The maximum atomic E-state index is 15.2. The molecular formula is C27H28FN5O4. The molecule has 4 heterocycles. The lowest BCUT2D eigenvalue weighted by molar-refractivity contribution is -0.119. The van der Waals surface area contributed by atoms with Gasteiger partial charge in [-0.15, -0.1) is 0 Å². The number of carbonyl (C=O) groups excluding carboxylic acids is 3. The molecule has 3 aromatic rings. The van der Waals surface area contributed by atoms with Crippen LogP contribution >= 0.6 is 0 Å². The van der Waals surface area contributed by atoms with E-state index in [1.807, 2.05) is 40.1 Å². The Morgan fingerprint density at radius 3 is 2.51 bits per heavy atom. The Balaban J connectivity index is 1.09. The van der Waals surface area contributed by atoms with Crippen LogP contribution in [0.3, 0.4) is 0 Å². The minimum absolute atomic E-state index is 0.00184. The van der Waals surface area contributed by atoms with E-state index in [0.29, 0.717) is 43.2 Å². The summed E-state index contributed by atoms with van der Waals surface area (Å²) >= 11 is 0. The molecule has 3 fully saturated rings. The normalized spacial score (nSPS) is 23.0. The SMILES string of the molecule is CC(=O)NCC1CN(c2ccc(N3CC4CN(C(=O)c5cc6ccccc6[nH]5)CC4C3)c(F)c2)C(=O)O1. The van der Waals surface area contributed by atoms with Crippen LogP contribution in [0.15, 0.2) is 48.5 Å². The van der Waals surface area contributed by atoms with Crippen LogP contribution in [0.2, 0.25) is 0 Å². The topological polar surface area (TPSA) is 98.0 Å². The van der Waals surface area contributed by atoms with Crippen LogP contribution in [0.5, 0.6) is 0 Å². The first-order valence-corrected chi connectivity index (χ1v) is 12.5. The molecule has 192 valence electrons. The van der Waals surface area contributed by atoms with Crippen molar-refractivity contribution in [2.75, 3.05) is 49.1 Å². The highest BCUT2D eigenvalue weighted by Crippen LogP contribution is 2.37. The Kier molecular flexibility index (Phi) is 5.73. The van der Waals surface area contributed by atoms with Gasteiger partial charge in [0, 0.05) is 55.8 Å². The number of fused-ring (bicyclic) bond motifs is 2. The number of ether oxygens (including phenoxy) is 1. The molecule has 9 nitrogen and oxygen atoms in total. The zero-order valence-corrected chi connectivity index (χ0v) is 20.4. The predicted molar refractivity (Wildman–Crippen MR) is 136 cm³/mol. The van der Waals surface area contributed by atoms with Gasteiger partial charge in [0.2, 0.25) is 5.91 Å². The maximum absolute atomic E-state index is 15.2. The third kappa shape index (κ3) is 4.36. The first-order valence-electron chi connectivity index (χ1n) is 12.5. The number of aromatic amines is 1. The predicted octanol–water partition coefficient (Wildman–Crippen LogP) is 2.98. The number of amides is 3. The minimum atomic E-state index is -0.557. The molecule has 3 atom stereocenters. The Bertz CT molecular complexity index is 1340. The van der Waals surface area contributed by atoms with Crippen LogP contribution < -0.4 is 15.1 Å². The van der Waals surface area contributed by atoms with Gasteiger partial charge in [-0.25, -0.2) is 9.18 Å². The smallest absolute Gasteiger partial charge is 0.414 e. The summed E-state index contributed by atoms with van der Waals surface area (Å²) in [4.78, 5) is 45.0. The Labute approximate surface area is 213 Å². The molecule has 0 radical (unpaired) electrons. The number of halogens is 1. The average Bonchev–Trinajstić information content (AvgIpc) is 3.64. The molecule has 2 aromatic carbocycles. The lowest BCUT2D eigenvalue weighted by Gasteiger charge is -2.24. The third-order valence-corrected chi connectivity index (χ3v) is 7.57. The van der Waals surface area contributed by atoms with Crippen LogP contribution in [0.1, 0.15) is 17.4 Å². The molecule has 6 rings (SSSR count). The van der Waals surface area contributed by atoms with Gasteiger partial charge in [0.05, 0.1) is 24.5 Å². The van der Waals surface area contributed by atoms with Crippen molar-refractivity contribution in [2.24, 2.45) is 11.8 Å². The quantitative estimate of drug-likeness (QED) is 0.556. The van der Waals surface area contributed by atoms with Gasteiger partial charge in [0.1, 0.15) is 17.6 Å². The Hall–Kier alpha value is -4.08. The van der Waals surface area contributed by atoms with Crippen LogP contribution in [0, 0.1) is 17.7 Å². The molecule has 10 heteroatoms. The van der Waals surface area contributed by atoms with Gasteiger partial charge in [0.25, 0.3) is 5.91 Å². The molecular weight excluding hydrogens is 477 g/mol. The van der Waals surface area contributed by atoms with Gasteiger partial charge >= 0.3 is 6.09 Å². The fourth-order valence-corrected chi connectivity index (χ4v) is 5.73. The van der Waals surface area contributed by atoms with Gasteiger partial charge in [-0.1, -0.05) is 18.2 Å². The molecule has 0 saturated carbocycles. The fraction of sp³-hybridized carbons (Fsp3) is 0.370. The monoisotopic (exact) mass is 505 g/mol. The number of rotatable bonds is 5. The second-order valence-electron chi connectivity index (χ2n) is 10.1. The van der Waals surface area contributed by atoms with E-state index >= 15 is 4.39 Å². The summed E-state index contributed by atoms with van der Waals surface area (Å²) in [5, 5.41) is 3.65. The standard InChI is InChI=1S/C27H28FN5O4/c1-16(34)29-10-21-15-33(27(36)37-21)20-6-7-25(22(28)9-20)31-11-18-13-32(14-19(18)12-31)26(35)24-8-17-4-2-3-5-23(17)30-24/h2-9,18-19,21,30H,10-15H2,1H3,(H,29,34). The molecule has 3 amide bonds. The van der Waals surface area contributed by atoms with Crippen molar-refractivity contribution in [2.45, 2.75) is 13.0 Å². The average molecular weight is 506 g/mol. The number of nitrogens with zero attached hydrogens (tertiary/aromatic N) is 3. The van der Waals surface area contributed by atoms with Gasteiger partial charge in [-0.05, 0) is 30.3 Å². The molecule has 3 saturated heterocycles. The van der Waals surface area contributed by atoms with E-state index in [1.165, 1.54) is 17.9 Å². The molecule has 1 aromatic heterocycles. The summed E-state index contributed by atoms with van der Waals surface area (Å²) in [5.74, 6) is -0.0554. The van der Waals surface area contributed by atoms with Crippen LogP contribution in [-0.4, -0.2) is 73.2 Å². The number of hydrogen-bond donors (Lipinski definition) is 2. The minimum Gasteiger partial charge on any atom is -0.442 e. The zero-order chi connectivity index (χ0) is 25.7. The van der Waals surface area contributed by atoms with Crippen molar-refractivity contribution in [3.8, 4) is 0 Å². The molecule has 0 aliphatic carbocycles. The van der Waals surface area contributed by atoms with Crippen LogP contribution in [0.25, 0.3) is 10.9 Å². The van der Waals surface area contributed by atoms with Crippen LogP contribution in [-0.2, 0) is 9.53 Å². The first kappa shape index (κ1) is 23.3. The molecule has 3 aliphatic rings. The fourth-order valence-electron chi connectivity index (χ4n) is 5.73. The van der Waals surface area contributed by atoms with Gasteiger partial charge in [-0.2, -0.15) is 0 Å². The highest BCUT2D eigenvalue weighted by Gasteiger charge is 2.42. The van der Waals surface area contributed by atoms with Crippen molar-refractivity contribution in [3.63, 3.8) is 0 Å². The number of hydrogen-bond acceptors (Lipinski definition) is 5. The number of benzene rings is 2. The third-order valence-electron chi connectivity index (χ3n) is 7.57. The highest BCUT2D eigenvalue weighted by atomic mass is 19.1. The zero-order valence-electron chi connectivity index (χ0n) is 20.4. The molecule has 37 heavy (non-hydrogen) atoms. The first-order chi connectivity index (χ1) is 17.9. The number of cyclic esters (lactones) is 1. The van der Waals surface area contributed by atoms with Crippen molar-refractivity contribution in [1.82, 2.24) is 15.2 Å². The summed E-state index contributed by atoms with van der Waals surface area (Å²) in [6.07, 6.45) is -1.04. The van der Waals surface area contributed by atoms with Gasteiger partial charge in [0.15, 0.2) is 0 Å². The summed E-state index contributed by atoms with van der Waals surface area (Å²) in [5.41, 5.74) is 2.46. The van der Waals surface area contributed by atoms with Crippen molar-refractivity contribution in [3.05, 3.63) is 60.0 Å². The summed E-state index contributed by atoms with van der Waals surface area (Å²) in [6.45, 7) is 4.48. The second kappa shape index (κ2) is 9.10. The van der Waals surface area contributed by atoms with E-state index in [4.69, 9.17) is 4.74 Å². The van der Waals surface area contributed by atoms with E-state index < -0.39 is 18.0 Å². The summed E-state index contributed by atoms with van der Waals surface area (Å²) in [7, 11) is 0. The molecule has 2 N–H and O–H groups in total. The van der Waals surface area contributed by atoms with Crippen LogP contribution in [0.4, 0.5) is 20.6 Å². The molecule has 0 spiro atoms. The number of nitrogens with one attached hydrogen (secondary N) is 2.